The van der Waals surface area contributed by atoms with Crippen molar-refractivity contribution in [3.63, 3.8) is 0 Å². The van der Waals surface area contributed by atoms with E-state index in [-0.39, 0.29) is 29.7 Å². The van der Waals surface area contributed by atoms with Gasteiger partial charge in [0.25, 0.3) is 5.91 Å². The number of carbonyl (C=O) groups is 1. The van der Waals surface area contributed by atoms with Crippen LogP contribution in [-0.4, -0.2) is 34.3 Å². The molecule has 5 heteroatoms. The van der Waals surface area contributed by atoms with Gasteiger partial charge in [0.2, 0.25) is 0 Å². The first kappa shape index (κ1) is 14.4. The van der Waals surface area contributed by atoms with Crippen LogP contribution in [0, 0.1) is 5.92 Å². The zero-order valence-electron chi connectivity index (χ0n) is 10.6. The molecule has 1 rings (SSSR count). The van der Waals surface area contributed by atoms with E-state index in [9.17, 15) is 9.90 Å². The number of rotatable bonds is 7. The van der Waals surface area contributed by atoms with Gasteiger partial charge in [-0.25, -0.2) is 0 Å². The van der Waals surface area contributed by atoms with Crippen molar-refractivity contribution in [3.8, 4) is 5.75 Å². The number of aliphatic hydroxyl groups excluding tert-OH is 1. The summed E-state index contributed by atoms with van der Waals surface area (Å²) in [6.45, 7) is 2.71. The molecular weight excluding hydrogens is 232 g/mol. The molecule has 1 atom stereocenters. The summed E-state index contributed by atoms with van der Waals surface area (Å²) in [5, 5.41) is 21.2. The van der Waals surface area contributed by atoms with Crippen molar-refractivity contribution >= 4 is 5.91 Å². The highest BCUT2D eigenvalue weighted by atomic mass is 16.3. The summed E-state index contributed by atoms with van der Waals surface area (Å²) < 4.78 is 0. The van der Waals surface area contributed by atoms with Crippen LogP contribution in [0.15, 0.2) is 18.5 Å². The van der Waals surface area contributed by atoms with Gasteiger partial charge in [0.05, 0.1) is 11.8 Å². The number of pyridine rings is 1. The normalized spacial score (nSPS) is 12.1. The van der Waals surface area contributed by atoms with E-state index in [2.05, 4.69) is 17.2 Å². The summed E-state index contributed by atoms with van der Waals surface area (Å²) >= 11 is 0. The van der Waals surface area contributed by atoms with Crippen LogP contribution in [0.25, 0.3) is 0 Å². The van der Waals surface area contributed by atoms with Crippen molar-refractivity contribution in [2.45, 2.75) is 26.2 Å². The summed E-state index contributed by atoms with van der Waals surface area (Å²) in [5.41, 5.74) is 0.226. The molecule has 0 radical (unpaired) electrons. The summed E-state index contributed by atoms with van der Waals surface area (Å²) in [6.07, 6.45) is 5.36. The molecule has 1 amide bonds. The van der Waals surface area contributed by atoms with Crippen molar-refractivity contribution in [1.29, 1.82) is 0 Å². The van der Waals surface area contributed by atoms with E-state index in [1.807, 2.05) is 0 Å². The molecule has 0 saturated heterocycles. The van der Waals surface area contributed by atoms with Crippen molar-refractivity contribution in [2.75, 3.05) is 13.2 Å². The fraction of sp³-hybridized carbons (Fsp3) is 0.538. The topological polar surface area (TPSA) is 82.5 Å². The van der Waals surface area contributed by atoms with Gasteiger partial charge in [-0.3, -0.25) is 9.78 Å². The zero-order valence-corrected chi connectivity index (χ0v) is 10.6. The Morgan fingerprint density at radius 1 is 1.50 bits per heavy atom. The third kappa shape index (κ3) is 4.33. The lowest BCUT2D eigenvalue weighted by atomic mass is 10.00. The number of nitrogens with zero attached hydrogens (tertiary/aromatic N) is 1. The predicted molar refractivity (Wildman–Crippen MR) is 68.3 cm³/mol. The second kappa shape index (κ2) is 7.66. The first-order valence-electron chi connectivity index (χ1n) is 6.21. The molecule has 100 valence electrons. The fourth-order valence-electron chi connectivity index (χ4n) is 1.85. The number of nitrogens with one attached hydrogen (secondary N) is 1. The molecule has 1 aromatic heterocycles. The quantitative estimate of drug-likeness (QED) is 0.683. The highest BCUT2D eigenvalue weighted by Crippen LogP contribution is 2.14. The van der Waals surface area contributed by atoms with E-state index in [4.69, 9.17) is 5.11 Å². The van der Waals surface area contributed by atoms with Crippen LogP contribution in [-0.2, 0) is 0 Å². The summed E-state index contributed by atoms with van der Waals surface area (Å²) in [6, 6.07) is 1.48. The second-order valence-electron chi connectivity index (χ2n) is 4.27. The van der Waals surface area contributed by atoms with E-state index >= 15 is 0 Å². The molecule has 5 nitrogen and oxygen atoms in total. The highest BCUT2D eigenvalue weighted by molar-refractivity contribution is 5.96. The first-order chi connectivity index (χ1) is 8.69. The molecule has 3 N–H and O–H groups in total. The minimum atomic E-state index is -0.311. The van der Waals surface area contributed by atoms with Crippen LogP contribution >= 0.6 is 0 Å². The predicted octanol–water partition coefficient (Wildman–Crippen LogP) is 1.32. The van der Waals surface area contributed by atoms with Crippen LogP contribution in [0.4, 0.5) is 0 Å². The maximum absolute atomic E-state index is 11.8. The van der Waals surface area contributed by atoms with Crippen LogP contribution < -0.4 is 5.32 Å². The van der Waals surface area contributed by atoms with Crippen LogP contribution in [0.1, 0.15) is 36.5 Å². The summed E-state index contributed by atoms with van der Waals surface area (Å²) in [7, 11) is 0. The smallest absolute Gasteiger partial charge is 0.255 e. The lowest BCUT2D eigenvalue weighted by Crippen LogP contribution is -2.29. The molecule has 1 heterocycles. The maximum atomic E-state index is 11.8. The minimum Gasteiger partial charge on any atom is -0.505 e. The van der Waals surface area contributed by atoms with Gasteiger partial charge in [-0.2, -0.15) is 0 Å². The van der Waals surface area contributed by atoms with Gasteiger partial charge >= 0.3 is 0 Å². The number of amides is 1. The number of carbonyl (C=O) groups excluding carboxylic acids is 1. The Kier molecular flexibility index (Phi) is 6.14. The fourth-order valence-corrected chi connectivity index (χ4v) is 1.85. The summed E-state index contributed by atoms with van der Waals surface area (Å²) in [5.74, 6) is -0.161. The van der Waals surface area contributed by atoms with E-state index < -0.39 is 0 Å². The summed E-state index contributed by atoms with van der Waals surface area (Å²) in [4.78, 5) is 15.5. The van der Waals surface area contributed by atoms with E-state index in [1.54, 1.807) is 0 Å². The minimum absolute atomic E-state index is 0.121. The van der Waals surface area contributed by atoms with Crippen molar-refractivity contribution in [1.82, 2.24) is 10.3 Å². The number of aromatic hydroxyl groups is 1. The molecule has 0 aromatic carbocycles. The van der Waals surface area contributed by atoms with Crippen LogP contribution in [0.2, 0.25) is 0 Å². The molecule has 0 aliphatic heterocycles. The average molecular weight is 252 g/mol. The Morgan fingerprint density at radius 2 is 2.28 bits per heavy atom. The van der Waals surface area contributed by atoms with Gasteiger partial charge in [-0.05, 0) is 24.8 Å². The molecule has 0 aliphatic carbocycles. The van der Waals surface area contributed by atoms with Crippen molar-refractivity contribution < 1.29 is 15.0 Å². The van der Waals surface area contributed by atoms with Gasteiger partial charge in [0, 0.05) is 19.3 Å². The lowest BCUT2D eigenvalue weighted by Gasteiger charge is -2.15. The molecule has 0 aliphatic rings. The van der Waals surface area contributed by atoms with Gasteiger partial charge in [0.15, 0.2) is 0 Å². The second-order valence-corrected chi connectivity index (χ2v) is 4.27. The SMILES string of the molecule is CCCC(CCO)CNC(=O)c1ccncc1O. The molecule has 0 saturated carbocycles. The Balaban J connectivity index is 2.52. The standard InChI is InChI=1S/C13H20N2O3/c1-2-3-10(5-7-16)8-15-13(18)11-4-6-14-9-12(11)17/h4,6,9-10,16-17H,2-3,5,7-8H2,1H3,(H,15,18). The van der Waals surface area contributed by atoms with Gasteiger partial charge in [0.1, 0.15) is 5.75 Å². The first-order valence-corrected chi connectivity index (χ1v) is 6.21. The van der Waals surface area contributed by atoms with E-state index in [0.29, 0.717) is 13.0 Å². The van der Waals surface area contributed by atoms with E-state index in [1.165, 1.54) is 18.5 Å². The monoisotopic (exact) mass is 252 g/mol. The maximum Gasteiger partial charge on any atom is 0.255 e. The molecule has 18 heavy (non-hydrogen) atoms. The molecule has 1 unspecified atom stereocenters. The largest absolute Gasteiger partial charge is 0.505 e. The Bertz CT molecular complexity index is 376. The molecule has 0 bridgehead atoms. The number of hydrogen-bond donors (Lipinski definition) is 3. The Morgan fingerprint density at radius 3 is 2.89 bits per heavy atom. The van der Waals surface area contributed by atoms with Gasteiger partial charge in [-0.1, -0.05) is 13.3 Å². The zero-order chi connectivity index (χ0) is 13.4. The third-order valence-corrected chi connectivity index (χ3v) is 2.83. The molecule has 0 fully saturated rings. The molecular formula is C13H20N2O3. The van der Waals surface area contributed by atoms with Gasteiger partial charge in [-0.15, -0.1) is 0 Å². The third-order valence-electron chi connectivity index (χ3n) is 2.83. The molecule has 0 spiro atoms. The van der Waals surface area contributed by atoms with Crippen molar-refractivity contribution in [3.05, 3.63) is 24.0 Å². The van der Waals surface area contributed by atoms with Crippen LogP contribution in [0.3, 0.4) is 0 Å². The Hall–Kier alpha value is -1.62. The Labute approximate surface area is 107 Å². The average Bonchev–Trinajstić information content (AvgIpc) is 2.36. The lowest BCUT2D eigenvalue weighted by molar-refractivity contribution is 0.0940. The van der Waals surface area contributed by atoms with Crippen molar-refractivity contribution in [2.24, 2.45) is 5.92 Å². The highest BCUT2D eigenvalue weighted by Gasteiger charge is 2.13. The van der Waals surface area contributed by atoms with E-state index in [0.717, 1.165) is 12.8 Å². The number of aromatic nitrogens is 1. The number of hydrogen-bond acceptors (Lipinski definition) is 4. The molecule has 1 aromatic rings. The number of aliphatic hydroxyl groups is 1. The van der Waals surface area contributed by atoms with Crippen LogP contribution in [0.5, 0.6) is 5.75 Å². The van der Waals surface area contributed by atoms with Gasteiger partial charge < -0.3 is 15.5 Å².